The van der Waals surface area contributed by atoms with Crippen LogP contribution in [0.4, 0.5) is 18.9 Å². The summed E-state index contributed by atoms with van der Waals surface area (Å²) in [4.78, 5) is 0. The van der Waals surface area contributed by atoms with Crippen molar-refractivity contribution in [2.75, 3.05) is 5.32 Å². The minimum absolute atomic E-state index is 0.0878. The second-order valence-electron chi connectivity index (χ2n) is 4.89. The Kier molecular flexibility index (Phi) is 2.64. The number of hydrogen-bond donors (Lipinski definition) is 1. The minimum atomic E-state index is -4.29. The fourth-order valence-electron chi connectivity index (χ4n) is 2.44. The zero-order valence-electron chi connectivity index (χ0n) is 10.2. The van der Waals surface area contributed by atoms with Crippen molar-refractivity contribution in [3.63, 3.8) is 0 Å². The zero-order valence-corrected chi connectivity index (χ0v) is 10.2. The number of rotatable bonds is 1. The van der Waals surface area contributed by atoms with Crippen LogP contribution in [0.5, 0.6) is 0 Å². The molecule has 1 aliphatic rings. The van der Waals surface area contributed by atoms with Crippen molar-refractivity contribution in [3.05, 3.63) is 29.3 Å². The third-order valence-electron chi connectivity index (χ3n) is 3.97. The highest BCUT2D eigenvalue weighted by Gasteiger charge is 2.43. The van der Waals surface area contributed by atoms with E-state index in [1.165, 1.54) is 6.07 Å². The van der Waals surface area contributed by atoms with Crippen molar-refractivity contribution in [1.29, 1.82) is 0 Å². The summed E-state index contributed by atoms with van der Waals surface area (Å²) in [6.07, 6.45) is -3.50. The van der Waals surface area contributed by atoms with Crippen LogP contribution < -0.4 is 5.32 Å². The van der Waals surface area contributed by atoms with Crippen molar-refractivity contribution >= 4 is 5.69 Å². The molecule has 0 spiro atoms. The molecular weight excluding hydrogens is 227 g/mol. The Balaban J connectivity index is 2.55. The van der Waals surface area contributed by atoms with Crippen LogP contribution in [0.1, 0.15) is 44.2 Å². The van der Waals surface area contributed by atoms with E-state index in [1.807, 2.05) is 20.8 Å². The van der Waals surface area contributed by atoms with Gasteiger partial charge in [0.15, 0.2) is 0 Å². The first kappa shape index (κ1) is 12.3. The van der Waals surface area contributed by atoms with E-state index in [9.17, 15) is 13.2 Å². The van der Waals surface area contributed by atoms with Crippen LogP contribution in [0.3, 0.4) is 0 Å². The molecule has 1 aromatic rings. The third kappa shape index (κ3) is 1.79. The first-order chi connectivity index (χ1) is 7.79. The van der Waals surface area contributed by atoms with E-state index in [0.29, 0.717) is 0 Å². The van der Waals surface area contributed by atoms with E-state index in [-0.39, 0.29) is 17.1 Å². The van der Waals surface area contributed by atoms with Crippen LogP contribution in [0.15, 0.2) is 18.2 Å². The molecule has 0 radical (unpaired) electrons. The molecule has 0 aromatic heterocycles. The van der Waals surface area contributed by atoms with Gasteiger partial charge in [-0.1, -0.05) is 26.0 Å². The number of anilines is 1. The molecule has 0 saturated carbocycles. The highest BCUT2D eigenvalue weighted by Crippen LogP contribution is 2.48. The van der Waals surface area contributed by atoms with Gasteiger partial charge in [-0.25, -0.2) is 0 Å². The molecule has 17 heavy (non-hydrogen) atoms. The van der Waals surface area contributed by atoms with Crippen LogP contribution >= 0.6 is 0 Å². The Hall–Kier alpha value is -1.19. The maximum atomic E-state index is 12.9. The molecular formula is C13H16F3N. The molecule has 0 aliphatic carbocycles. The molecule has 1 heterocycles. The maximum Gasteiger partial charge on any atom is 0.418 e. The highest BCUT2D eigenvalue weighted by molar-refractivity contribution is 5.66. The van der Waals surface area contributed by atoms with Gasteiger partial charge < -0.3 is 5.32 Å². The summed E-state index contributed by atoms with van der Waals surface area (Å²) in [6, 6.07) is 4.41. The Morgan fingerprint density at radius 1 is 1.35 bits per heavy atom. The monoisotopic (exact) mass is 243 g/mol. The molecule has 1 aromatic carbocycles. The van der Waals surface area contributed by atoms with E-state index >= 15 is 0 Å². The van der Waals surface area contributed by atoms with Gasteiger partial charge in [-0.15, -0.1) is 0 Å². The van der Waals surface area contributed by atoms with Gasteiger partial charge in [-0.2, -0.15) is 13.2 Å². The first-order valence-corrected chi connectivity index (χ1v) is 5.78. The normalized spacial score (nSPS) is 27.8. The summed E-state index contributed by atoms with van der Waals surface area (Å²) >= 11 is 0. The lowest BCUT2D eigenvalue weighted by atomic mass is 9.84. The summed E-state index contributed by atoms with van der Waals surface area (Å²) in [5.74, 6) is 0.0878. The molecule has 2 rings (SSSR count). The van der Waals surface area contributed by atoms with E-state index in [1.54, 1.807) is 6.07 Å². The Morgan fingerprint density at radius 3 is 2.53 bits per heavy atom. The lowest BCUT2D eigenvalue weighted by Gasteiger charge is -2.29. The van der Waals surface area contributed by atoms with Crippen LogP contribution in [0.2, 0.25) is 0 Å². The van der Waals surface area contributed by atoms with Gasteiger partial charge >= 0.3 is 6.18 Å². The van der Waals surface area contributed by atoms with Gasteiger partial charge in [0.2, 0.25) is 0 Å². The van der Waals surface area contributed by atoms with Crippen molar-refractivity contribution in [2.45, 2.75) is 44.8 Å². The first-order valence-electron chi connectivity index (χ1n) is 5.78. The van der Waals surface area contributed by atoms with Gasteiger partial charge in [0.05, 0.1) is 11.3 Å². The van der Waals surface area contributed by atoms with Crippen molar-refractivity contribution in [3.8, 4) is 0 Å². The quantitative estimate of drug-likeness (QED) is 0.770. The van der Waals surface area contributed by atoms with Gasteiger partial charge in [0.25, 0.3) is 0 Å². The molecule has 2 atom stereocenters. The number of nitrogens with one attached hydrogen (secondary N) is 1. The molecule has 0 saturated heterocycles. The average Bonchev–Trinajstić information content (AvgIpc) is 2.51. The fraction of sp³-hybridized carbons (Fsp3) is 0.538. The fourth-order valence-corrected chi connectivity index (χ4v) is 2.44. The van der Waals surface area contributed by atoms with E-state index in [0.717, 1.165) is 18.1 Å². The molecule has 2 unspecified atom stereocenters. The third-order valence-corrected chi connectivity index (χ3v) is 3.97. The van der Waals surface area contributed by atoms with Crippen LogP contribution in [0, 0.1) is 0 Å². The highest BCUT2D eigenvalue weighted by atomic mass is 19.4. The van der Waals surface area contributed by atoms with Gasteiger partial charge in [-0.05, 0) is 25.0 Å². The Labute approximate surface area is 99.0 Å². The largest absolute Gasteiger partial charge is 0.418 e. The summed E-state index contributed by atoms with van der Waals surface area (Å²) < 4.78 is 38.7. The standard InChI is InChI=1S/C13H16F3N/c1-4-12(3)8(2)9-6-5-7-10(11(9)17-12)13(14,15)16/h5-8,17H,4H2,1-3H3. The van der Waals surface area contributed by atoms with E-state index < -0.39 is 11.7 Å². The number of halogens is 3. The minimum Gasteiger partial charge on any atom is -0.379 e. The lowest BCUT2D eigenvalue weighted by molar-refractivity contribution is -0.136. The number of hydrogen-bond acceptors (Lipinski definition) is 1. The van der Waals surface area contributed by atoms with Crippen LogP contribution in [0.25, 0.3) is 0 Å². The van der Waals surface area contributed by atoms with Crippen molar-refractivity contribution in [2.24, 2.45) is 0 Å². The smallest absolute Gasteiger partial charge is 0.379 e. The van der Waals surface area contributed by atoms with Gasteiger partial charge in [0.1, 0.15) is 0 Å². The van der Waals surface area contributed by atoms with Gasteiger partial charge in [-0.3, -0.25) is 0 Å². The van der Waals surface area contributed by atoms with E-state index in [4.69, 9.17) is 0 Å². The van der Waals surface area contributed by atoms with E-state index in [2.05, 4.69) is 5.32 Å². The topological polar surface area (TPSA) is 12.0 Å². The van der Waals surface area contributed by atoms with Crippen molar-refractivity contribution < 1.29 is 13.2 Å². The molecule has 4 heteroatoms. The molecule has 0 bridgehead atoms. The molecule has 0 amide bonds. The van der Waals surface area contributed by atoms with Crippen LogP contribution in [-0.2, 0) is 6.18 Å². The second kappa shape index (κ2) is 3.65. The zero-order chi connectivity index (χ0) is 12.8. The van der Waals surface area contributed by atoms with Crippen molar-refractivity contribution in [1.82, 2.24) is 0 Å². The number of fused-ring (bicyclic) bond motifs is 1. The Bertz CT molecular complexity index is 439. The molecule has 1 N–H and O–H groups in total. The lowest BCUT2D eigenvalue weighted by Crippen LogP contribution is -2.34. The molecule has 0 fully saturated rings. The second-order valence-corrected chi connectivity index (χ2v) is 4.89. The number of alkyl halides is 3. The number of benzene rings is 1. The molecule has 1 aliphatic heterocycles. The predicted octanol–water partition coefficient (Wildman–Crippen LogP) is 4.40. The summed E-state index contributed by atoms with van der Waals surface area (Å²) in [5.41, 5.74) is 0.184. The summed E-state index contributed by atoms with van der Waals surface area (Å²) in [6.45, 7) is 5.93. The summed E-state index contributed by atoms with van der Waals surface area (Å²) in [7, 11) is 0. The predicted molar refractivity (Wildman–Crippen MR) is 62.2 cm³/mol. The molecule has 1 nitrogen and oxygen atoms in total. The SMILES string of the molecule is CCC1(C)Nc2c(cccc2C(F)(F)F)C1C. The summed E-state index contributed by atoms with van der Waals surface area (Å²) in [5, 5.41) is 3.07. The number of para-hydroxylation sites is 1. The van der Waals surface area contributed by atoms with Crippen LogP contribution in [-0.4, -0.2) is 5.54 Å². The molecule has 94 valence electrons. The van der Waals surface area contributed by atoms with Gasteiger partial charge in [0, 0.05) is 11.5 Å². The maximum absolute atomic E-state index is 12.9. The Morgan fingerprint density at radius 2 is 2.00 bits per heavy atom. The average molecular weight is 243 g/mol.